The number of hydrogen-bond donors (Lipinski definition) is 1. The fraction of sp³-hybridized carbons (Fsp3) is 0.533. The summed E-state index contributed by atoms with van der Waals surface area (Å²) in [5.41, 5.74) is 0.476. The molecule has 1 aromatic rings. The Labute approximate surface area is 127 Å². The van der Waals surface area contributed by atoms with Gasteiger partial charge in [-0.05, 0) is 30.7 Å². The fourth-order valence-electron chi connectivity index (χ4n) is 1.97. The minimum absolute atomic E-state index is 0.171. The highest BCUT2D eigenvalue weighted by Crippen LogP contribution is 2.16. The van der Waals surface area contributed by atoms with Gasteiger partial charge in [-0.25, -0.2) is 8.42 Å². The Kier molecular flexibility index (Phi) is 6.84. The van der Waals surface area contributed by atoms with Gasteiger partial charge in [0.1, 0.15) is 0 Å². The van der Waals surface area contributed by atoms with Crippen LogP contribution in [-0.2, 0) is 10.0 Å². The Morgan fingerprint density at radius 1 is 1.10 bits per heavy atom. The molecular formula is C15H24N2O3S. The van der Waals surface area contributed by atoms with Crippen molar-refractivity contribution in [2.45, 2.75) is 38.5 Å². The average molecular weight is 312 g/mol. The molecule has 0 saturated carbocycles. The zero-order chi connectivity index (χ0) is 15.9. The standard InChI is InChI=1S/C15H24N2O3S/c1-4-7-12-16-15(18)13-8-10-14(11-9-13)21(19,20)17(5-2)6-3/h8-11H,4-7,12H2,1-3H3,(H,16,18). The lowest BCUT2D eigenvalue weighted by Crippen LogP contribution is -2.30. The van der Waals surface area contributed by atoms with Gasteiger partial charge in [-0.1, -0.05) is 27.2 Å². The summed E-state index contributed by atoms with van der Waals surface area (Å²) >= 11 is 0. The first-order valence-corrected chi connectivity index (χ1v) is 8.79. The lowest BCUT2D eigenvalue weighted by Gasteiger charge is -2.18. The third kappa shape index (κ3) is 4.54. The third-order valence-corrected chi connectivity index (χ3v) is 5.34. The van der Waals surface area contributed by atoms with Gasteiger partial charge in [-0.3, -0.25) is 4.79 Å². The zero-order valence-corrected chi connectivity index (χ0v) is 13.7. The monoisotopic (exact) mass is 312 g/mol. The van der Waals surface area contributed by atoms with Crippen LogP contribution in [0.4, 0.5) is 0 Å². The van der Waals surface area contributed by atoms with Crippen molar-refractivity contribution in [3.8, 4) is 0 Å². The second-order valence-corrected chi connectivity index (χ2v) is 6.66. The van der Waals surface area contributed by atoms with Crippen molar-refractivity contribution >= 4 is 15.9 Å². The normalized spacial score (nSPS) is 11.6. The molecule has 0 heterocycles. The molecule has 21 heavy (non-hydrogen) atoms. The number of unbranched alkanes of at least 4 members (excludes halogenated alkanes) is 1. The molecule has 0 spiro atoms. The SMILES string of the molecule is CCCCNC(=O)c1ccc(S(=O)(=O)N(CC)CC)cc1. The second kappa shape index (κ2) is 8.14. The molecule has 0 aliphatic heterocycles. The van der Waals surface area contributed by atoms with Crippen molar-refractivity contribution < 1.29 is 13.2 Å². The summed E-state index contributed by atoms with van der Waals surface area (Å²) < 4.78 is 26.0. The molecule has 1 amide bonds. The first kappa shape index (κ1) is 17.7. The molecule has 0 saturated heterocycles. The summed E-state index contributed by atoms with van der Waals surface area (Å²) in [6, 6.07) is 6.08. The van der Waals surface area contributed by atoms with Crippen molar-refractivity contribution in [1.82, 2.24) is 9.62 Å². The highest BCUT2D eigenvalue weighted by Gasteiger charge is 2.21. The Hall–Kier alpha value is -1.40. The van der Waals surface area contributed by atoms with E-state index in [4.69, 9.17) is 0 Å². The van der Waals surface area contributed by atoms with Crippen molar-refractivity contribution in [1.29, 1.82) is 0 Å². The van der Waals surface area contributed by atoms with Crippen LogP contribution in [0.15, 0.2) is 29.2 Å². The summed E-state index contributed by atoms with van der Waals surface area (Å²) in [6.07, 6.45) is 1.95. The molecule has 0 aromatic heterocycles. The molecule has 0 aliphatic carbocycles. The van der Waals surface area contributed by atoms with Crippen LogP contribution < -0.4 is 5.32 Å². The van der Waals surface area contributed by atoms with Gasteiger partial charge in [0, 0.05) is 25.2 Å². The summed E-state index contributed by atoms with van der Waals surface area (Å²) in [6.45, 7) is 7.15. The lowest BCUT2D eigenvalue weighted by atomic mass is 10.2. The number of carbonyl (C=O) groups excluding carboxylic acids is 1. The molecule has 0 fully saturated rings. The van der Waals surface area contributed by atoms with Crippen molar-refractivity contribution in [3.05, 3.63) is 29.8 Å². The van der Waals surface area contributed by atoms with E-state index < -0.39 is 10.0 Å². The highest BCUT2D eigenvalue weighted by atomic mass is 32.2. The molecule has 1 aromatic carbocycles. The summed E-state index contributed by atoms with van der Waals surface area (Å²) in [5, 5.41) is 2.80. The van der Waals surface area contributed by atoms with E-state index in [0.29, 0.717) is 25.2 Å². The predicted octanol–water partition coefficient (Wildman–Crippen LogP) is 2.25. The molecule has 0 unspecified atom stereocenters. The lowest BCUT2D eigenvalue weighted by molar-refractivity contribution is 0.0953. The van der Waals surface area contributed by atoms with E-state index in [1.165, 1.54) is 16.4 Å². The topological polar surface area (TPSA) is 66.5 Å². The first-order chi connectivity index (χ1) is 9.97. The minimum Gasteiger partial charge on any atom is -0.352 e. The zero-order valence-electron chi connectivity index (χ0n) is 12.9. The summed E-state index contributed by atoms with van der Waals surface area (Å²) in [5.74, 6) is -0.171. The van der Waals surface area contributed by atoms with Gasteiger partial charge in [0.05, 0.1) is 4.90 Å². The number of rotatable bonds is 8. The van der Waals surface area contributed by atoms with Gasteiger partial charge in [0.2, 0.25) is 10.0 Å². The Balaban J connectivity index is 2.85. The van der Waals surface area contributed by atoms with E-state index in [-0.39, 0.29) is 10.8 Å². The number of nitrogens with one attached hydrogen (secondary N) is 1. The molecule has 0 aliphatic rings. The van der Waals surface area contributed by atoms with Crippen LogP contribution >= 0.6 is 0 Å². The third-order valence-electron chi connectivity index (χ3n) is 3.28. The van der Waals surface area contributed by atoms with Crippen LogP contribution in [0.3, 0.4) is 0 Å². The van der Waals surface area contributed by atoms with Crippen LogP contribution in [0.1, 0.15) is 44.0 Å². The molecule has 0 bridgehead atoms. The molecule has 5 nitrogen and oxygen atoms in total. The Morgan fingerprint density at radius 3 is 2.14 bits per heavy atom. The van der Waals surface area contributed by atoms with Gasteiger partial charge in [-0.2, -0.15) is 4.31 Å². The highest BCUT2D eigenvalue weighted by molar-refractivity contribution is 7.89. The molecule has 118 valence electrons. The summed E-state index contributed by atoms with van der Waals surface area (Å²) in [4.78, 5) is 12.1. The van der Waals surface area contributed by atoms with Gasteiger partial charge in [0.15, 0.2) is 0 Å². The van der Waals surface area contributed by atoms with Crippen molar-refractivity contribution in [2.24, 2.45) is 0 Å². The second-order valence-electron chi connectivity index (χ2n) is 4.72. The van der Waals surface area contributed by atoms with E-state index in [1.54, 1.807) is 26.0 Å². The Morgan fingerprint density at radius 2 is 1.67 bits per heavy atom. The quantitative estimate of drug-likeness (QED) is 0.749. The molecular weight excluding hydrogens is 288 g/mol. The average Bonchev–Trinajstić information content (AvgIpc) is 2.48. The van der Waals surface area contributed by atoms with Gasteiger partial charge in [-0.15, -0.1) is 0 Å². The van der Waals surface area contributed by atoms with E-state index >= 15 is 0 Å². The molecule has 0 radical (unpaired) electrons. The largest absolute Gasteiger partial charge is 0.352 e. The van der Waals surface area contributed by atoms with Crippen molar-refractivity contribution in [3.63, 3.8) is 0 Å². The van der Waals surface area contributed by atoms with Gasteiger partial charge in [0.25, 0.3) is 5.91 Å². The van der Waals surface area contributed by atoms with Crippen LogP contribution in [0.25, 0.3) is 0 Å². The van der Waals surface area contributed by atoms with Gasteiger partial charge >= 0.3 is 0 Å². The molecule has 6 heteroatoms. The smallest absolute Gasteiger partial charge is 0.251 e. The van der Waals surface area contributed by atoms with E-state index in [1.807, 2.05) is 0 Å². The van der Waals surface area contributed by atoms with Crippen LogP contribution in [0.5, 0.6) is 0 Å². The first-order valence-electron chi connectivity index (χ1n) is 7.35. The Bertz CT molecular complexity index is 549. The molecule has 1 rings (SSSR count). The number of carbonyl (C=O) groups is 1. The maximum Gasteiger partial charge on any atom is 0.251 e. The minimum atomic E-state index is -3.46. The number of hydrogen-bond acceptors (Lipinski definition) is 3. The number of amides is 1. The van der Waals surface area contributed by atoms with Crippen LogP contribution in [0, 0.1) is 0 Å². The van der Waals surface area contributed by atoms with E-state index in [0.717, 1.165) is 12.8 Å². The predicted molar refractivity (Wildman–Crippen MR) is 83.8 cm³/mol. The fourth-order valence-corrected chi connectivity index (χ4v) is 3.43. The van der Waals surface area contributed by atoms with E-state index in [9.17, 15) is 13.2 Å². The van der Waals surface area contributed by atoms with Gasteiger partial charge < -0.3 is 5.32 Å². The van der Waals surface area contributed by atoms with Crippen molar-refractivity contribution in [2.75, 3.05) is 19.6 Å². The van der Waals surface area contributed by atoms with Crippen LogP contribution in [-0.4, -0.2) is 38.3 Å². The maximum atomic E-state index is 12.3. The van der Waals surface area contributed by atoms with Crippen LogP contribution in [0.2, 0.25) is 0 Å². The molecule has 1 N–H and O–H groups in total. The summed E-state index contributed by atoms with van der Waals surface area (Å²) in [7, 11) is -3.46. The molecule has 0 atom stereocenters. The number of nitrogens with zero attached hydrogens (tertiary/aromatic N) is 1. The maximum absolute atomic E-state index is 12.3. The van der Waals surface area contributed by atoms with E-state index in [2.05, 4.69) is 12.2 Å². The number of sulfonamides is 1. The number of benzene rings is 1.